The normalized spacial score (nSPS) is 15.3. The van der Waals surface area contributed by atoms with E-state index in [1.165, 1.54) is 5.56 Å². The van der Waals surface area contributed by atoms with Crippen LogP contribution in [0.1, 0.15) is 41.0 Å². The lowest BCUT2D eigenvalue weighted by molar-refractivity contribution is 0.101. The van der Waals surface area contributed by atoms with Crippen molar-refractivity contribution in [2.24, 2.45) is 0 Å². The summed E-state index contributed by atoms with van der Waals surface area (Å²) in [5.74, 6) is 0.150. The minimum Gasteiger partial charge on any atom is -0.302 e. The molecule has 0 saturated heterocycles. The fraction of sp³-hybridized carbons (Fsp3) is 0.412. The van der Waals surface area contributed by atoms with E-state index in [4.69, 9.17) is 4.98 Å². The van der Waals surface area contributed by atoms with E-state index in [-0.39, 0.29) is 5.78 Å². The van der Waals surface area contributed by atoms with Gasteiger partial charge in [0.2, 0.25) is 0 Å². The molecule has 1 aliphatic rings. The second-order valence-corrected chi connectivity index (χ2v) is 5.66. The molecule has 1 aliphatic heterocycles. The topological polar surface area (TPSA) is 33.2 Å². The van der Waals surface area contributed by atoms with Crippen LogP contribution in [0.4, 0.5) is 0 Å². The first kappa shape index (κ1) is 13.3. The van der Waals surface area contributed by atoms with Crippen LogP contribution in [0.25, 0.3) is 10.9 Å². The number of hydrogen-bond acceptors (Lipinski definition) is 3. The summed E-state index contributed by atoms with van der Waals surface area (Å²) in [6.45, 7) is 5.63. The summed E-state index contributed by atoms with van der Waals surface area (Å²) in [7, 11) is 2.10. The zero-order valence-corrected chi connectivity index (χ0v) is 12.4. The van der Waals surface area contributed by atoms with Gasteiger partial charge in [0.05, 0.1) is 5.52 Å². The second-order valence-electron chi connectivity index (χ2n) is 5.66. The van der Waals surface area contributed by atoms with Crippen molar-refractivity contribution in [3.63, 3.8) is 0 Å². The number of carbonyl (C=O) groups excluding carboxylic acids is 1. The van der Waals surface area contributed by atoms with Crippen LogP contribution < -0.4 is 0 Å². The Labute approximate surface area is 119 Å². The van der Waals surface area contributed by atoms with E-state index in [0.717, 1.165) is 53.7 Å². The third kappa shape index (κ3) is 2.12. The van der Waals surface area contributed by atoms with Crippen molar-refractivity contribution in [3.8, 4) is 0 Å². The fourth-order valence-corrected chi connectivity index (χ4v) is 3.05. The maximum absolute atomic E-state index is 12.2. The first-order chi connectivity index (χ1) is 9.60. The molecule has 0 aliphatic carbocycles. The zero-order chi connectivity index (χ0) is 14.3. The van der Waals surface area contributed by atoms with Crippen LogP contribution in [0.3, 0.4) is 0 Å². The predicted octanol–water partition coefficient (Wildman–Crippen LogP) is 2.99. The van der Waals surface area contributed by atoms with Crippen LogP contribution in [0.5, 0.6) is 0 Å². The molecular weight excluding hydrogens is 248 g/mol. The second kappa shape index (κ2) is 4.98. The first-order valence-corrected chi connectivity index (χ1v) is 7.24. The van der Waals surface area contributed by atoms with Crippen LogP contribution in [0.2, 0.25) is 0 Å². The van der Waals surface area contributed by atoms with Gasteiger partial charge in [0.15, 0.2) is 5.78 Å². The van der Waals surface area contributed by atoms with Crippen LogP contribution >= 0.6 is 0 Å². The number of carbonyl (C=O) groups is 1. The standard InChI is InChI=1S/C17H20N2O/c1-4-12-5-6-15-13(9-12)17(11(2)20)14-10-19(3)8-7-16(14)18-15/h5-6,9H,4,7-8,10H2,1-3H3. The Morgan fingerprint density at radius 1 is 1.40 bits per heavy atom. The highest BCUT2D eigenvalue weighted by atomic mass is 16.1. The molecule has 1 aromatic heterocycles. The summed E-state index contributed by atoms with van der Waals surface area (Å²) in [5.41, 5.74) is 5.32. The van der Waals surface area contributed by atoms with Gasteiger partial charge in [-0.2, -0.15) is 0 Å². The highest BCUT2D eigenvalue weighted by Gasteiger charge is 2.22. The zero-order valence-electron chi connectivity index (χ0n) is 12.4. The molecule has 0 fully saturated rings. The number of aromatic nitrogens is 1. The van der Waals surface area contributed by atoms with E-state index in [1.807, 2.05) is 0 Å². The molecule has 20 heavy (non-hydrogen) atoms. The van der Waals surface area contributed by atoms with Crippen LogP contribution in [0.15, 0.2) is 18.2 Å². The Balaban J connectivity index is 2.34. The Kier molecular flexibility index (Phi) is 3.30. The molecule has 2 heterocycles. The maximum Gasteiger partial charge on any atom is 0.160 e. The largest absolute Gasteiger partial charge is 0.302 e. The minimum atomic E-state index is 0.150. The molecule has 0 atom stereocenters. The highest BCUT2D eigenvalue weighted by molar-refractivity contribution is 6.07. The minimum absolute atomic E-state index is 0.150. The Hall–Kier alpha value is -1.74. The smallest absolute Gasteiger partial charge is 0.160 e. The SMILES string of the molecule is CCc1ccc2nc3c(c(C(C)=O)c2c1)CN(C)CC3. The summed E-state index contributed by atoms with van der Waals surface area (Å²) in [6, 6.07) is 6.30. The first-order valence-electron chi connectivity index (χ1n) is 7.24. The number of hydrogen-bond donors (Lipinski definition) is 0. The van der Waals surface area contributed by atoms with E-state index < -0.39 is 0 Å². The molecule has 104 valence electrons. The molecular formula is C17H20N2O. The van der Waals surface area contributed by atoms with Crippen LogP contribution in [0, 0.1) is 0 Å². The average molecular weight is 268 g/mol. The van der Waals surface area contributed by atoms with Crippen molar-refractivity contribution in [2.75, 3.05) is 13.6 Å². The van der Waals surface area contributed by atoms with Crippen molar-refractivity contribution in [1.29, 1.82) is 0 Å². The molecule has 3 rings (SSSR count). The number of ketones is 1. The number of Topliss-reactive ketones (excluding diaryl/α,β-unsaturated/α-hetero) is 1. The third-order valence-electron chi connectivity index (χ3n) is 4.15. The van der Waals surface area contributed by atoms with Gasteiger partial charge in [-0.1, -0.05) is 13.0 Å². The van der Waals surface area contributed by atoms with Gasteiger partial charge in [-0.15, -0.1) is 0 Å². The van der Waals surface area contributed by atoms with Crippen molar-refractivity contribution in [2.45, 2.75) is 33.2 Å². The van der Waals surface area contributed by atoms with Gasteiger partial charge in [-0.25, -0.2) is 0 Å². The highest BCUT2D eigenvalue weighted by Crippen LogP contribution is 2.28. The predicted molar refractivity (Wildman–Crippen MR) is 81.2 cm³/mol. The van der Waals surface area contributed by atoms with Gasteiger partial charge >= 0.3 is 0 Å². The fourth-order valence-electron chi connectivity index (χ4n) is 3.05. The van der Waals surface area contributed by atoms with Crippen molar-refractivity contribution in [3.05, 3.63) is 40.6 Å². The molecule has 0 amide bonds. The number of aryl methyl sites for hydroxylation is 1. The molecule has 0 spiro atoms. The lowest BCUT2D eigenvalue weighted by atomic mass is 9.93. The summed E-state index contributed by atoms with van der Waals surface area (Å²) in [4.78, 5) is 19.2. The van der Waals surface area contributed by atoms with E-state index >= 15 is 0 Å². The van der Waals surface area contributed by atoms with Crippen molar-refractivity contribution >= 4 is 16.7 Å². The van der Waals surface area contributed by atoms with Gasteiger partial charge in [0, 0.05) is 36.2 Å². The Morgan fingerprint density at radius 3 is 2.90 bits per heavy atom. The number of nitrogens with zero attached hydrogens (tertiary/aromatic N) is 2. The number of rotatable bonds is 2. The van der Waals surface area contributed by atoms with Gasteiger partial charge in [-0.05, 0) is 43.7 Å². The molecule has 2 aromatic rings. The van der Waals surface area contributed by atoms with E-state index in [2.05, 4.69) is 37.1 Å². The Morgan fingerprint density at radius 2 is 2.20 bits per heavy atom. The molecule has 3 nitrogen and oxygen atoms in total. The summed E-state index contributed by atoms with van der Waals surface area (Å²) < 4.78 is 0. The summed E-state index contributed by atoms with van der Waals surface area (Å²) >= 11 is 0. The third-order valence-corrected chi connectivity index (χ3v) is 4.15. The number of fused-ring (bicyclic) bond motifs is 2. The molecule has 0 bridgehead atoms. The van der Waals surface area contributed by atoms with Gasteiger partial charge in [0.1, 0.15) is 0 Å². The lowest BCUT2D eigenvalue weighted by Gasteiger charge is -2.26. The monoisotopic (exact) mass is 268 g/mol. The quantitative estimate of drug-likeness (QED) is 0.785. The van der Waals surface area contributed by atoms with Crippen molar-refractivity contribution < 1.29 is 4.79 Å². The number of pyridine rings is 1. The number of likely N-dealkylation sites (N-methyl/N-ethyl adjacent to an activating group) is 1. The van der Waals surface area contributed by atoms with Crippen LogP contribution in [-0.2, 0) is 19.4 Å². The molecule has 0 saturated carbocycles. The molecule has 3 heteroatoms. The molecule has 0 N–H and O–H groups in total. The molecule has 0 unspecified atom stereocenters. The van der Waals surface area contributed by atoms with E-state index in [1.54, 1.807) is 6.92 Å². The molecule has 1 aromatic carbocycles. The number of benzene rings is 1. The maximum atomic E-state index is 12.2. The lowest BCUT2D eigenvalue weighted by Crippen LogP contribution is -2.29. The van der Waals surface area contributed by atoms with Gasteiger partial charge in [-0.3, -0.25) is 9.78 Å². The van der Waals surface area contributed by atoms with E-state index in [9.17, 15) is 4.79 Å². The van der Waals surface area contributed by atoms with Gasteiger partial charge < -0.3 is 4.90 Å². The van der Waals surface area contributed by atoms with Crippen LogP contribution in [-0.4, -0.2) is 29.3 Å². The van der Waals surface area contributed by atoms with Gasteiger partial charge in [0.25, 0.3) is 0 Å². The average Bonchev–Trinajstić information content (AvgIpc) is 2.43. The van der Waals surface area contributed by atoms with E-state index in [0.29, 0.717) is 0 Å². The summed E-state index contributed by atoms with van der Waals surface area (Å²) in [5, 5.41) is 1.02. The molecule has 0 radical (unpaired) electrons. The Bertz CT molecular complexity index is 691. The van der Waals surface area contributed by atoms with Crippen molar-refractivity contribution in [1.82, 2.24) is 9.88 Å². The summed E-state index contributed by atoms with van der Waals surface area (Å²) in [6.07, 6.45) is 1.90.